The maximum absolute atomic E-state index is 5.89. The van der Waals surface area contributed by atoms with E-state index in [0.29, 0.717) is 11.0 Å². The fourth-order valence-corrected chi connectivity index (χ4v) is 3.44. The average Bonchev–Trinajstić information content (AvgIpc) is 3.01. The molecule has 1 fully saturated rings. The van der Waals surface area contributed by atoms with Crippen LogP contribution in [0.2, 0.25) is 0 Å². The van der Waals surface area contributed by atoms with Gasteiger partial charge in [-0.2, -0.15) is 0 Å². The number of nitrogens with two attached hydrogens (primary N) is 1. The highest BCUT2D eigenvalue weighted by Gasteiger charge is 2.23. The molecular weight excluding hydrogens is 278 g/mol. The van der Waals surface area contributed by atoms with Crippen LogP contribution >= 0.6 is 12.2 Å². The van der Waals surface area contributed by atoms with Gasteiger partial charge in [0.2, 0.25) is 0 Å². The minimum Gasteiger partial charge on any atom is -0.389 e. The van der Waals surface area contributed by atoms with Crippen LogP contribution in [0.1, 0.15) is 38.2 Å². The molecule has 1 atom stereocenters. The molecule has 0 saturated heterocycles. The summed E-state index contributed by atoms with van der Waals surface area (Å²) in [5.41, 5.74) is 8.73. The van der Waals surface area contributed by atoms with Crippen LogP contribution in [0, 0.1) is 5.92 Å². The lowest BCUT2D eigenvalue weighted by Gasteiger charge is -2.24. The van der Waals surface area contributed by atoms with Crippen molar-refractivity contribution >= 4 is 33.8 Å². The number of fused-ring (bicyclic) bond motifs is 1. The number of benzene rings is 1. The zero-order valence-electron chi connectivity index (χ0n) is 12.3. The number of anilines is 1. The summed E-state index contributed by atoms with van der Waals surface area (Å²) in [6.45, 7) is 2.26. The van der Waals surface area contributed by atoms with E-state index in [-0.39, 0.29) is 0 Å². The Bertz CT molecular complexity index is 662. The Morgan fingerprint density at radius 2 is 2.05 bits per heavy atom. The predicted molar refractivity (Wildman–Crippen MR) is 92.7 cm³/mol. The summed E-state index contributed by atoms with van der Waals surface area (Å²) < 4.78 is 0. The number of thiocarbonyl (C=S) groups is 1. The van der Waals surface area contributed by atoms with Gasteiger partial charge in [0.1, 0.15) is 4.99 Å². The van der Waals surface area contributed by atoms with E-state index in [9.17, 15) is 0 Å². The molecule has 1 saturated carbocycles. The van der Waals surface area contributed by atoms with Gasteiger partial charge in [-0.15, -0.1) is 0 Å². The topological polar surface area (TPSA) is 50.9 Å². The highest BCUT2D eigenvalue weighted by atomic mass is 32.1. The SMILES string of the molecule is CC(Nc1c(C(N)=S)cnc2ccccc12)C1CCCC1. The first-order chi connectivity index (χ1) is 10.2. The summed E-state index contributed by atoms with van der Waals surface area (Å²) in [6.07, 6.45) is 7.08. The first kappa shape index (κ1) is 14.3. The van der Waals surface area contributed by atoms with Gasteiger partial charge >= 0.3 is 0 Å². The lowest BCUT2D eigenvalue weighted by Crippen LogP contribution is -2.26. The van der Waals surface area contributed by atoms with Crippen LogP contribution in [0.3, 0.4) is 0 Å². The molecule has 1 aliphatic rings. The van der Waals surface area contributed by atoms with Crippen molar-refractivity contribution in [2.75, 3.05) is 5.32 Å². The van der Waals surface area contributed by atoms with Crippen LogP contribution in [0.5, 0.6) is 0 Å². The molecule has 3 rings (SSSR count). The Balaban J connectivity index is 2.01. The van der Waals surface area contributed by atoms with Crippen LogP contribution < -0.4 is 11.1 Å². The maximum Gasteiger partial charge on any atom is 0.107 e. The Morgan fingerprint density at radius 3 is 2.76 bits per heavy atom. The molecule has 3 N–H and O–H groups in total. The van der Waals surface area contributed by atoms with Gasteiger partial charge in [-0.25, -0.2) is 0 Å². The van der Waals surface area contributed by atoms with Crippen molar-refractivity contribution in [1.82, 2.24) is 4.98 Å². The van der Waals surface area contributed by atoms with Crippen LogP contribution in [0.25, 0.3) is 10.9 Å². The fourth-order valence-electron chi connectivity index (χ4n) is 3.29. The summed E-state index contributed by atoms with van der Waals surface area (Å²) in [5.74, 6) is 0.733. The Labute approximate surface area is 130 Å². The van der Waals surface area contributed by atoms with Gasteiger partial charge in [0.25, 0.3) is 0 Å². The number of hydrogen-bond acceptors (Lipinski definition) is 3. The molecule has 110 valence electrons. The van der Waals surface area contributed by atoms with Crippen molar-refractivity contribution in [3.05, 3.63) is 36.0 Å². The normalized spacial score (nSPS) is 17.0. The van der Waals surface area contributed by atoms with E-state index in [1.807, 2.05) is 18.2 Å². The molecule has 0 radical (unpaired) electrons. The molecule has 2 aromatic rings. The summed E-state index contributed by atoms with van der Waals surface area (Å²) in [6, 6.07) is 8.54. The van der Waals surface area contributed by atoms with Gasteiger partial charge < -0.3 is 11.1 Å². The van der Waals surface area contributed by atoms with E-state index in [1.165, 1.54) is 25.7 Å². The third-order valence-corrected chi connectivity index (χ3v) is 4.74. The number of para-hydroxylation sites is 1. The van der Waals surface area contributed by atoms with Gasteiger partial charge in [-0.1, -0.05) is 43.3 Å². The van der Waals surface area contributed by atoms with E-state index in [2.05, 4.69) is 23.3 Å². The van der Waals surface area contributed by atoms with Crippen LogP contribution in [-0.2, 0) is 0 Å². The number of aromatic nitrogens is 1. The molecule has 1 heterocycles. The number of pyridine rings is 1. The molecule has 4 heteroatoms. The van der Waals surface area contributed by atoms with Gasteiger partial charge in [0.15, 0.2) is 0 Å². The zero-order valence-corrected chi connectivity index (χ0v) is 13.1. The largest absolute Gasteiger partial charge is 0.389 e. The van der Waals surface area contributed by atoms with Crippen molar-refractivity contribution in [3.63, 3.8) is 0 Å². The lowest BCUT2D eigenvalue weighted by atomic mass is 9.98. The van der Waals surface area contributed by atoms with Gasteiger partial charge in [-0.3, -0.25) is 4.98 Å². The third-order valence-electron chi connectivity index (χ3n) is 4.52. The highest BCUT2D eigenvalue weighted by Crippen LogP contribution is 2.32. The number of rotatable bonds is 4. The number of hydrogen-bond donors (Lipinski definition) is 2. The Kier molecular flexibility index (Phi) is 4.06. The Morgan fingerprint density at radius 1 is 1.33 bits per heavy atom. The molecule has 0 bridgehead atoms. The second-order valence-corrected chi connectivity index (χ2v) is 6.35. The van der Waals surface area contributed by atoms with Crippen LogP contribution in [0.15, 0.2) is 30.5 Å². The second kappa shape index (κ2) is 5.98. The third kappa shape index (κ3) is 2.86. The zero-order chi connectivity index (χ0) is 14.8. The van der Waals surface area contributed by atoms with Crippen LogP contribution in [-0.4, -0.2) is 16.0 Å². The van der Waals surface area contributed by atoms with Gasteiger partial charge in [0, 0.05) is 17.6 Å². The molecule has 1 aromatic carbocycles. The quantitative estimate of drug-likeness (QED) is 0.842. The molecule has 21 heavy (non-hydrogen) atoms. The maximum atomic E-state index is 5.89. The molecule has 0 spiro atoms. The average molecular weight is 299 g/mol. The molecule has 1 aromatic heterocycles. The van der Waals surface area contributed by atoms with Crippen molar-refractivity contribution in [3.8, 4) is 0 Å². The number of nitrogens with zero attached hydrogens (tertiary/aromatic N) is 1. The fraction of sp³-hybridized carbons (Fsp3) is 0.412. The van der Waals surface area contributed by atoms with Crippen molar-refractivity contribution in [2.45, 2.75) is 38.6 Å². The monoisotopic (exact) mass is 299 g/mol. The molecule has 1 unspecified atom stereocenters. The van der Waals surface area contributed by atoms with E-state index >= 15 is 0 Å². The first-order valence-corrected chi connectivity index (χ1v) is 8.01. The van der Waals surface area contributed by atoms with Gasteiger partial charge in [-0.05, 0) is 31.7 Å². The molecular formula is C17H21N3S. The van der Waals surface area contributed by atoms with E-state index in [0.717, 1.165) is 28.1 Å². The van der Waals surface area contributed by atoms with Crippen molar-refractivity contribution in [2.24, 2.45) is 11.7 Å². The van der Waals surface area contributed by atoms with E-state index in [4.69, 9.17) is 18.0 Å². The number of nitrogens with one attached hydrogen (secondary N) is 1. The van der Waals surface area contributed by atoms with E-state index in [1.54, 1.807) is 6.20 Å². The summed E-state index contributed by atoms with van der Waals surface area (Å²) >= 11 is 5.20. The highest BCUT2D eigenvalue weighted by molar-refractivity contribution is 7.80. The minimum absolute atomic E-state index is 0.398. The van der Waals surface area contributed by atoms with Crippen LogP contribution in [0.4, 0.5) is 5.69 Å². The summed E-state index contributed by atoms with van der Waals surface area (Å²) in [7, 11) is 0. The summed E-state index contributed by atoms with van der Waals surface area (Å²) in [4.78, 5) is 4.86. The summed E-state index contributed by atoms with van der Waals surface area (Å²) in [5, 5.41) is 4.76. The molecule has 0 aliphatic heterocycles. The van der Waals surface area contributed by atoms with Gasteiger partial charge in [0.05, 0.1) is 16.8 Å². The minimum atomic E-state index is 0.398. The first-order valence-electron chi connectivity index (χ1n) is 7.61. The smallest absolute Gasteiger partial charge is 0.107 e. The Hall–Kier alpha value is -1.68. The predicted octanol–water partition coefficient (Wildman–Crippen LogP) is 3.86. The van der Waals surface area contributed by atoms with Crippen molar-refractivity contribution in [1.29, 1.82) is 0 Å². The molecule has 3 nitrogen and oxygen atoms in total. The van der Waals surface area contributed by atoms with E-state index < -0.39 is 0 Å². The molecule has 1 aliphatic carbocycles. The lowest BCUT2D eigenvalue weighted by molar-refractivity contribution is 0.482. The standard InChI is InChI=1S/C17H21N3S/c1-11(12-6-2-3-7-12)20-16-13-8-4-5-9-15(13)19-10-14(16)17(18)21/h4-5,8-12H,2-3,6-7H2,1H3,(H2,18,21)(H,19,20). The second-order valence-electron chi connectivity index (χ2n) is 5.91. The van der Waals surface area contributed by atoms with Crippen molar-refractivity contribution < 1.29 is 0 Å². The molecule has 0 amide bonds.